The molecule has 0 aliphatic heterocycles. The number of Topliss-reactive ketones (excluding diaryl/α,β-unsaturated/α-hetero) is 1. The first kappa shape index (κ1) is 14.5. The van der Waals surface area contributed by atoms with Crippen LogP contribution in [0, 0.1) is 6.92 Å². The number of ether oxygens (including phenoxy) is 1. The van der Waals surface area contributed by atoms with Crippen LogP contribution < -0.4 is 10.3 Å². The number of carbonyl (C=O) groups excluding carboxylic acids is 1. The van der Waals surface area contributed by atoms with E-state index in [0.717, 1.165) is 0 Å². The summed E-state index contributed by atoms with van der Waals surface area (Å²) < 4.78 is 6.82. The average molecular weight is 337 g/mol. The molecule has 20 heavy (non-hydrogen) atoms. The minimum Gasteiger partial charge on any atom is -0.496 e. The van der Waals surface area contributed by atoms with Crippen LogP contribution in [0.5, 0.6) is 5.75 Å². The zero-order valence-electron chi connectivity index (χ0n) is 11.1. The van der Waals surface area contributed by atoms with Gasteiger partial charge in [-0.25, -0.2) is 4.98 Å². The van der Waals surface area contributed by atoms with Crippen LogP contribution in [0.3, 0.4) is 0 Å². The van der Waals surface area contributed by atoms with Crippen molar-refractivity contribution < 1.29 is 9.53 Å². The molecule has 5 nitrogen and oxygen atoms in total. The lowest BCUT2D eigenvalue weighted by Crippen LogP contribution is -2.27. The Balaban J connectivity index is 2.38. The van der Waals surface area contributed by atoms with Crippen molar-refractivity contribution in [2.24, 2.45) is 0 Å². The van der Waals surface area contributed by atoms with Crippen molar-refractivity contribution in [2.45, 2.75) is 13.5 Å². The van der Waals surface area contributed by atoms with Gasteiger partial charge < -0.3 is 4.74 Å². The molecule has 2 aromatic rings. The van der Waals surface area contributed by atoms with Crippen LogP contribution in [0.15, 0.2) is 39.7 Å². The highest BCUT2D eigenvalue weighted by Gasteiger charge is 2.15. The molecule has 1 aromatic carbocycles. The summed E-state index contributed by atoms with van der Waals surface area (Å²) in [5.74, 6) is 0.778. The fraction of sp³-hybridized carbons (Fsp3) is 0.214. The van der Waals surface area contributed by atoms with Gasteiger partial charge in [0.25, 0.3) is 5.56 Å². The van der Waals surface area contributed by atoms with E-state index in [1.165, 1.54) is 17.9 Å². The standard InChI is InChI=1S/C14H13BrN2O3/c1-9-16-7-11(15)14(19)17(9)8-12(18)10-5-3-4-6-13(10)20-2/h3-7H,8H2,1-2H3. The van der Waals surface area contributed by atoms with E-state index in [4.69, 9.17) is 4.74 Å². The fourth-order valence-electron chi connectivity index (χ4n) is 1.84. The van der Waals surface area contributed by atoms with Crippen molar-refractivity contribution >= 4 is 21.7 Å². The molecule has 1 aromatic heterocycles. The third kappa shape index (κ3) is 2.80. The normalized spacial score (nSPS) is 10.3. The summed E-state index contributed by atoms with van der Waals surface area (Å²) in [6.45, 7) is 1.61. The van der Waals surface area contributed by atoms with Crippen molar-refractivity contribution in [1.82, 2.24) is 9.55 Å². The monoisotopic (exact) mass is 336 g/mol. The van der Waals surface area contributed by atoms with Gasteiger partial charge in [-0.2, -0.15) is 0 Å². The number of hydrogen-bond donors (Lipinski definition) is 0. The molecule has 0 aliphatic carbocycles. The first-order valence-electron chi connectivity index (χ1n) is 5.92. The van der Waals surface area contributed by atoms with Crippen LogP contribution in [0.2, 0.25) is 0 Å². The number of nitrogens with zero attached hydrogens (tertiary/aromatic N) is 2. The Morgan fingerprint density at radius 2 is 2.10 bits per heavy atom. The van der Waals surface area contributed by atoms with Crippen LogP contribution in [-0.4, -0.2) is 22.4 Å². The van der Waals surface area contributed by atoms with Crippen LogP contribution >= 0.6 is 15.9 Å². The highest BCUT2D eigenvalue weighted by molar-refractivity contribution is 9.10. The molecule has 0 saturated heterocycles. The maximum Gasteiger partial charge on any atom is 0.268 e. The van der Waals surface area contributed by atoms with E-state index < -0.39 is 0 Å². The van der Waals surface area contributed by atoms with E-state index in [1.54, 1.807) is 31.2 Å². The number of ketones is 1. The molecule has 0 atom stereocenters. The van der Waals surface area contributed by atoms with Gasteiger partial charge in [0.05, 0.1) is 19.2 Å². The fourth-order valence-corrected chi connectivity index (χ4v) is 2.16. The number of carbonyl (C=O) groups is 1. The van der Waals surface area contributed by atoms with Crippen molar-refractivity contribution in [2.75, 3.05) is 7.11 Å². The molecule has 0 radical (unpaired) electrons. The van der Waals surface area contributed by atoms with E-state index in [9.17, 15) is 9.59 Å². The summed E-state index contributed by atoms with van der Waals surface area (Å²) in [6.07, 6.45) is 1.43. The third-order valence-electron chi connectivity index (χ3n) is 2.91. The molecule has 0 N–H and O–H groups in total. The minimum atomic E-state index is -0.277. The second kappa shape index (κ2) is 6.00. The molecule has 2 rings (SSSR count). The Kier molecular flexibility index (Phi) is 4.34. The van der Waals surface area contributed by atoms with E-state index in [-0.39, 0.29) is 17.9 Å². The van der Waals surface area contributed by atoms with Gasteiger partial charge in [0.15, 0.2) is 5.78 Å². The molecular weight excluding hydrogens is 324 g/mol. The van der Waals surface area contributed by atoms with E-state index in [0.29, 0.717) is 21.6 Å². The SMILES string of the molecule is COc1ccccc1C(=O)Cn1c(C)ncc(Br)c1=O. The van der Waals surface area contributed by atoms with Gasteiger partial charge in [-0.05, 0) is 35.0 Å². The second-order valence-electron chi connectivity index (χ2n) is 4.17. The highest BCUT2D eigenvalue weighted by Crippen LogP contribution is 2.18. The molecule has 0 unspecified atom stereocenters. The van der Waals surface area contributed by atoms with Gasteiger partial charge in [-0.15, -0.1) is 0 Å². The lowest BCUT2D eigenvalue weighted by molar-refractivity contribution is 0.0966. The largest absolute Gasteiger partial charge is 0.496 e. The predicted octanol–water partition coefficient (Wildman–Crippen LogP) is 2.21. The first-order valence-corrected chi connectivity index (χ1v) is 6.72. The predicted molar refractivity (Wildman–Crippen MR) is 78.3 cm³/mol. The summed E-state index contributed by atoms with van der Waals surface area (Å²) in [7, 11) is 1.50. The number of hydrogen-bond acceptors (Lipinski definition) is 4. The van der Waals surface area contributed by atoms with Crippen LogP contribution in [0.4, 0.5) is 0 Å². The molecule has 0 saturated carbocycles. The van der Waals surface area contributed by atoms with E-state index >= 15 is 0 Å². The number of rotatable bonds is 4. The maximum absolute atomic E-state index is 12.3. The second-order valence-corrected chi connectivity index (χ2v) is 5.02. The summed E-state index contributed by atoms with van der Waals surface area (Å²) in [5, 5.41) is 0. The number of methoxy groups -OCH3 is 1. The molecular formula is C14H13BrN2O3. The zero-order valence-corrected chi connectivity index (χ0v) is 12.7. The first-order chi connectivity index (χ1) is 9.54. The van der Waals surface area contributed by atoms with Crippen molar-refractivity contribution in [3.63, 3.8) is 0 Å². The van der Waals surface area contributed by atoms with Crippen molar-refractivity contribution in [3.05, 3.63) is 56.7 Å². The molecule has 1 heterocycles. The smallest absolute Gasteiger partial charge is 0.268 e. The minimum absolute atomic E-state index is 0.0719. The molecule has 0 bridgehead atoms. The van der Waals surface area contributed by atoms with Gasteiger partial charge in [0.1, 0.15) is 16.0 Å². The Hall–Kier alpha value is -1.95. The molecule has 0 aliphatic rings. The van der Waals surface area contributed by atoms with Crippen molar-refractivity contribution in [3.8, 4) is 5.75 Å². The summed E-state index contributed by atoms with van der Waals surface area (Å²) in [6, 6.07) is 6.92. The Labute approximate surface area is 124 Å². The van der Waals surface area contributed by atoms with E-state index in [1.807, 2.05) is 0 Å². The Morgan fingerprint density at radius 1 is 1.40 bits per heavy atom. The highest BCUT2D eigenvalue weighted by atomic mass is 79.9. The number of para-hydroxylation sites is 1. The third-order valence-corrected chi connectivity index (χ3v) is 3.46. The topological polar surface area (TPSA) is 61.2 Å². The quantitative estimate of drug-likeness (QED) is 0.803. The molecule has 0 amide bonds. The lowest BCUT2D eigenvalue weighted by Gasteiger charge is -2.10. The molecule has 104 valence electrons. The average Bonchev–Trinajstić information content (AvgIpc) is 2.47. The molecule has 6 heteroatoms. The zero-order chi connectivity index (χ0) is 14.7. The number of aryl methyl sites for hydroxylation is 1. The van der Waals surface area contributed by atoms with Gasteiger partial charge in [-0.1, -0.05) is 12.1 Å². The van der Waals surface area contributed by atoms with Crippen molar-refractivity contribution in [1.29, 1.82) is 0 Å². The van der Waals surface area contributed by atoms with Gasteiger partial charge in [0.2, 0.25) is 0 Å². The van der Waals surface area contributed by atoms with Gasteiger partial charge >= 0.3 is 0 Å². The summed E-state index contributed by atoms with van der Waals surface area (Å²) in [4.78, 5) is 28.4. The number of aromatic nitrogens is 2. The van der Waals surface area contributed by atoms with Crippen LogP contribution in [0.25, 0.3) is 0 Å². The van der Waals surface area contributed by atoms with Crippen LogP contribution in [-0.2, 0) is 6.54 Å². The lowest BCUT2D eigenvalue weighted by atomic mass is 10.1. The van der Waals surface area contributed by atoms with Gasteiger partial charge in [0, 0.05) is 6.20 Å². The Bertz CT molecular complexity index is 710. The van der Waals surface area contributed by atoms with E-state index in [2.05, 4.69) is 20.9 Å². The molecule has 0 fully saturated rings. The summed E-state index contributed by atoms with van der Waals surface area (Å²) >= 11 is 3.12. The van der Waals surface area contributed by atoms with Gasteiger partial charge in [-0.3, -0.25) is 14.2 Å². The van der Waals surface area contributed by atoms with Crippen LogP contribution in [0.1, 0.15) is 16.2 Å². The maximum atomic E-state index is 12.3. The molecule has 0 spiro atoms. The number of benzene rings is 1. The number of halogens is 1. The summed E-state index contributed by atoms with van der Waals surface area (Å²) in [5.41, 5.74) is 0.169. The Morgan fingerprint density at radius 3 is 2.80 bits per heavy atom.